The van der Waals surface area contributed by atoms with Gasteiger partial charge in [-0.05, 0) is 32.9 Å². The number of nitrogens with zero attached hydrogens (tertiary/aromatic N) is 2. The first kappa shape index (κ1) is 41.6. The number of benzene rings is 2. The Kier molecular flexibility index (Phi) is 24.8. The van der Waals surface area contributed by atoms with Crippen molar-refractivity contribution >= 4 is 58.2 Å². The highest BCUT2D eigenvalue weighted by molar-refractivity contribution is 8.13. The molecule has 0 amide bonds. The summed E-state index contributed by atoms with van der Waals surface area (Å²) in [6, 6.07) is 11.6. The topological polar surface area (TPSA) is 155 Å². The Morgan fingerprint density at radius 2 is 1.00 bits per heavy atom. The lowest BCUT2D eigenvalue weighted by Crippen LogP contribution is -1.97. The number of hydrogen-bond acceptors (Lipinski definition) is 10. The predicted octanol–water partition coefficient (Wildman–Crippen LogP) is 7.05. The third-order valence-corrected chi connectivity index (χ3v) is 5.05. The number of thioether (sulfide) groups is 1. The monoisotopic (exact) mass is 570 g/mol. The molecule has 2 aromatic carbocycles. The van der Waals surface area contributed by atoms with Crippen LogP contribution in [0.2, 0.25) is 0 Å². The molecular formula is C26H38N2O8S2. The molecule has 12 heteroatoms. The zero-order valence-electron chi connectivity index (χ0n) is 20.4. The summed E-state index contributed by atoms with van der Waals surface area (Å²) in [5, 5.41) is 20.4. The van der Waals surface area contributed by atoms with Crippen LogP contribution in [0.1, 0.15) is 70.2 Å². The molecular weight excluding hydrogens is 532 g/mol. The molecule has 0 aliphatic heterocycles. The van der Waals surface area contributed by atoms with E-state index >= 15 is 0 Å². The van der Waals surface area contributed by atoms with Gasteiger partial charge >= 0.3 is 1.43 Å². The van der Waals surface area contributed by atoms with Gasteiger partial charge in [0.2, 0.25) is 0 Å². The van der Waals surface area contributed by atoms with Crippen molar-refractivity contribution in [2.75, 3.05) is 0 Å². The van der Waals surface area contributed by atoms with Crippen molar-refractivity contribution in [1.82, 2.24) is 0 Å². The van der Waals surface area contributed by atoms with E-state index in [9.17, 15) is 39.4 Å². The summed E-state index contributed by atoms with van der Waals surface area (Å²) < 4.78 is 0. The van der Waals surface area contributed by atoms with Gasteiger partial charge in [-0.25, -0.2) is 0 Å². The average molecular weight is 571 g/mol. The van der Waals surface area contributed by atoms with Crippen LogP contribution in [0.15, 0.2) is 58.3 Å². The minimum Gasteiger partial charge on any atom is -0.780 e. The van der Waals surface area contributed by atoms with Crippen molar-refractivity contribution in [1.29, 1.82) is 0 Å². The second kappa shape index (κ2) is 22.7. The Labute approximate surface area is 235 Å². The van der Waals surface area contributed by atoms with E-state index in [4.69, 9.17) is 12.6 Å². The van der Waals surface area contributed by atoms with E-state index in [1.165, 1.54) is 69.3 Å². The lowest BCUT2D eigenvalue weighted by molar-refractivity contribution is -0.385. The quantitative estimate of drug-likeness (QED) is 0.132. The van der Waals surface area contributed by atoms with Crippen LogP contribution in [0, 0.1) is 20.2 Å². The van der Waals surface area contributed by atoms with Crippen molar-refractivity contribution < 1.29 is 30.5 Å². The number of ketones is 3. The van der Waals surface area contributed by atoms with Gasteiger partial charge in [0.1, 0.15) is 17.3 Å². The minimum absolute atomic E-state index is 0. The lowest BCUT2D eigenvalue weighted by atomic mass is 10.2. The van der Waals surface area contributed by atoms with Gasteiger partial charge in [-0.2, -0.15) is 4.90 Å². The van der Waals surface area contributed by atoms with Crippen molar-refractivity contribution in [3.8, 4) is 0 Å². The maximum absolute atomic E-state index is 11.4. The second-order valence-electron chi connectivity index (χ2n) is 7.08. The number of nitro groups is 2. The smallest absolute Gasteiger partial charge is 0.780 e. The van der Waals surface area contributed by atoms with Gasteiger partial charge in [-0.15, -0.1) is 0 Å². The molecule has 212 valence electrons. The number of Topliss-reactive ketones (excluding diaryl/α,β-unsaturated/α-hetero) is 3. The summed E-state index contributed by atoms with van der Waals surface area (Å²) in [7, 11) is 0. The van der Waals surface area contributed by atoms with E-state index in [-0.39, 0.29) is 70.4 Å². The molecule has 0 atom stereocenters. The van der Waals surface area contributed by atoms with Crippen LogP contribution in [0.4, 0.5) is 11.4 Å². The van der Waals surface area contributed by atoms with Crippen molar-refractivity contribution in [2.45, 2.75) is 78.5 Å². The Morgan fingerprint density at radius 1 is 0.684 bits per heavy atom. The Morgan fingerprint density at radius 3 is 1.32 bits per heavy atom. The van der Waals surface area contributed by atoms with Crippen molar-refractivity contribution in [2.24, 2.45) is 0 Å². The molecule has 0 aromatic heterocycles. The number of carbonyl (C=O) groups is 4. The van der Waals surface area contributed by atoms with E-state index in [0.29, 0.717) is 22.6 Å². The van der Waals surface area contributed by atoms with Crippen LogP contribution in [0.25, 0.3) is 0 Å². The Hall–Kier alpha value is -3.51. The molecule has 0 fully saturated rings. The fourth-order valence-corrected chi connectivity index (χ4v) is 2.89. The molecule has 0 heterocycles. The molecule has 0 spiro atoms. The molecule has 0 bridgehead atoms. The van der Waals surface area contributed by atoms with E-state index in [2.05, 4.69) is 0 Å². The molecule has 0 aliphatic rings. The van der Waals surface area contributed by atoms with Crippen LogP contribution in [-0.4, -0.2) is 32.3 Å². The first-order chi connectivity index (χ1) is 16.3. The third-order valence-electron chi connectivity index (χ3n) is 3.84. The van der Waals surface area contributed by atoms with Crippen LogP contribution >= 0.6 is 11.8 Å². The fraction of sp³-hybridized carbons (Fsp3) is 0.385. The number of rotatable bonds is 9. The molecule has 0 N–H and O–H groups in total. The van der Waals surface area contributed by atoms with Crippen molar-refractivity contribution in [3.63, 3.8) is 0 Å². The molecule has 0 saturated carbocycles. The van der Waals surface area contributed by atoms with Gasteiger partial charge in [0.25, 0.3) is 11.4 Å². The maximum Gasteiger partial charge on any atom is 1.00 e. The Balaban J connectivity index is -0.000000152. The van der Waals surface area contributed by atoms with Gasteiger partial charge < -0.3 is 27.0 Å². The SMILES string of the molecule is C.C.C.CC(=O)CCC(=O)Sc1ccc([N+](=O)[O-])cc1.CC(=O)CCC(C)=O.O=[N+]([O-])c1ccc([S-])cc1.[H+]. The zero-order valence-corrected chi connectivity index (χ0v) is 21.1. The summed E-state index contributed by atoms with van der Waals surface area (Å²) in [6.07, 6.45) is 1.22. The first-order valence-electron chi connectivity index (χ1n) is 10.2. The summed E-state index contributed by atoms with van der Waals surface area (Å²) in [6.45, 7) is 4.41. The van der Waals surface area contributed by atoms with Crippen LogP contribution in [-0.2, 0) is 31.8 Å². The first-order valence-corrected chi connectivity index (χ1v) is 11.4. The number of hydrogen-bond donors (Lipinski definition) is 0. The van der Waals surface area contributed by atoms with E-state index in [1.807, 2.05) is 0 Å². The molecule has 2 rings (SSSR count). The minimum atomic E-state index is -0.494. The third kappa shape index (κ3) is 21.7. The largest absolute Gasteiger partial charge is 1.00 e. The van der Waals surface area contributed by atoms with E-state index < -0.39 is 9.85 Å². The maximum atomic E-state index is 11.4. The number of carbonyl (C=O) groups excluding carboxylic acids is 4. The van der Waals surface area contributed by atoms with Gasteiger partial charge in [-0.1, -0.05) is 46.2 Å². The highest BCUT2D eigenvalue weighted by Crippen LogP contribution is 2.23. The highest BCUT2D eigenvalue weighted by atomic mass is 32.2. The summed E-state index contributed by atoms with van der Waals surface area (Å²) in [4.78, 5) is 63.3. The summed E-state index contributed by atoms with van der Waals surface area (Å²) >= 11 is 5.73. The highest BCUT2D eigenvalue weighted by Gasteiger charge is 2.09. The molecule has 10 nitrogen and oxygen atoms in total. The van der Waals surface area contributed by atoms with Crippen molar-refractivity contribution in [3.05, 3.63) is 68.8 Å². The number of nitro benzene ring substituents is 2. The molecule has 0 unspecified atom stereocenters. The summed E-state index contributed by atoms with van der Waals surface area (Å²) in [5.74, 6) is 0.142. The molecule has 2 aromatic rings. The fourth-order valence-electron chi connectivity index (χ4n) is 2.02. The molecule has 0 saturated heterocycles. The summed E-state index contributed by atoms with van der Waals surface area (Å²) in [5.41, 5.74) is 0.0686. The van der Waals surface area contributed by atoms with Crippen LogP contribution in [0.5, 0.6) is 0 Å². The standard InChI is InChI=1S/C11H11NO4S.C6H5NO2S.C6H10O2.3CH4/c1-8(13)2-7-11(14)17-10-5-3-9(4-6-10)12(15)16;8-7(9)5-1-3-6(10)4-2-5;1-5(7)3-4-6(2)8;;;/h3-6H,2,7H2,1H3;1-4,10H;3-4H2,1-2H3;3*1H4. The van der Waals surface area contributed by atoms with Crippen LogP contribution in [0.3, 0.4) is 0 Å². The predicted molar refractivity (Wildman–Crippen MR) is 155 cm³/mol. The van der Waals surface area contributed by atoms with E-state index in [0.717, 1.165) is 11.8 Å². The lowest BCUT2D eigenvalue weighted by Gasteiger charge is -2.00. The normalized spacial score (nSPS) is 8.71. The van der Waals surface area contributed by atoms with Gasteiger partial charge in [0, 0.05) is 54.8 Å². The Bertz CT molecular complexity index is 1030. The molecule has 38 heavy (non-hydrogen) atoms. The van der Waals surface area contributed by atoms with Crippen LogP contribution < -0.4 is 0 Å². The number of non-ortho nitro benzene ring substituents is 2. The zero-order chi connectivity index (χ0) is 27.0. The van der Waals surface area contributed by atoms with Gasteiger partial charge in [0.15, 0.2) is 5.12 Å². The van der Waals surface area contributed by atoms with E-state index in [1.54, 1.807) is 0 Å². The van der Waals surface area contributed by atoms with Gasteiger partial charge in [-0.3, -0.25) is 25.0 Å². The molecule has 0 aliphatic carbocycles. The second-order valence-corrected chi connectivity index (χ2v) is 8.68. The van der Waals surface area contributed by atoms with Gasteiger partial charge in [0.05, 0.1) is 9.85 Å². The molecule has 0 radical (unpaired) electrons. The average Bonchev–Trinajstić information content (AvgIpc) is 2.78.